The van der Waals surface area contributed by atoms with Crippen molar-refractivity contribution in [2.24, 2.45) is 0 Å². The average Bonchev–Trinajstić information content (AvgIpc) is 2.30. The van der Waals surface area contributed by atoms with Gasteiger partial charge in [-0.1, -0.05) is 18.5 Å². The van der Waals surface area contributed by atoms with E-state index < -0.39 is 0 Å². The lowest BCUT2D eigenvalue weighted by Crippen LogP contribution is -2.38. The number of hydrogen-bond donors (Lipinski definition) is 1. The summed E-state index contributed by atoms with van der Waals surface area (Å²) in [6.45, 7) is 5.67. The zero-order valence-electron chi connectivity index (χ0n) is 9.49. The van der Waals surface area contributed by atoms with E-state index in [1.165, 1.54) is 6.33 Å². The van der Waals surface area contributed by atoms with Gasteiger partial charge in [0.25, 0.3) is 0 Å². The Morgan fingerprint density at radius 2 is 2.19 bits per heavy atom. The summed E-state index contributed by atoms with van der Waals surface area (Å²) in [5, 5.41) is 3.89. The van der Waals surface area contributed by atoms with Crippen LogP contribution in [0.5, 0.6) is 0 Å². The van der Waals surface area contributed by atoms with Gasteiger partial charge in [-0.2, -0.15) is 0 Å². The van der Waals surface area contributed by atoms with E-state index in [2.05, 4.69) is 27.1 Å². The Balaban J connectivity index is 1.87. The van der Waals surface area contributed by atoms with Crippen molar-refractivity contribution in [1.29, 1.82) is 0 Å². The minimum absolute atomic E-state index is 0.489. The molecule has 88 valence electrons. The number of piperidine rings is 1. The van der Waals surface area contributed by atoms with Crippen LogP contribution < -0.4 is 5.32 Å². The van der Waals surface area contributed by atoms with Crippen molar-refractivity contribution in [2.45, 2.75) is 25.8 Å². The normalized spacial score (nSPS) is 18.6. The first-order valence-electron chi connectivity index (χ1n) is 5.74. The Hall–Kier alpha value is -0.870. The molecule has 0 radical (unpaired) electrons. The van der Waals surface area contributed by atoms with Crippen molar-refractivity contribution in [3.63, 3.8) is 0 Å². The summed E-state index contributed by atoms with van der Waals surface area (Å²) in [5.74, 6) is 0.829. The standard InChI is InChI=1S/C11H17ClN4/c1-2-16-5-3-9(4-6-16)15-11-7-10(12)13-8-14-11/h7-9H,2-6H2,1H3,(H,13,14,15). The molecule has 0 aromatic carbocycles. The third-order valence-electron chi connectivity index (χ3n) is 3.02. The Bertz CT molecular complexity index is 337. The fourth-order valence-corrected chi connectivity index (χ4v) is 2.16. The van der Waals surface area contributed by atoms with Crippen LogP contribution in [0.15, 0.2) is 12.4 Å². The third kappa shape index (κ3) is 3.06. The summed E-state index contributed by atoms with van der Waals surface area (Å²) in [6.07, 6.45) is 3.82. The van der Waals surface area contributed by atoms with Gasteiger partial charge >= 0.3 is 0 Å². The lowest BCUT2D eigenvalue weighted by molar-refractivity contribution is 0.229. The maximum absolute atomic E-state index is 5.81. The second-order valence-electron chi connectivity index (χ2n) is 4.08. The molecule has 2 rings (SSSR count). The highest BCUT2D eigenvalue weighted by Gasteiger charge is 2.17. The van der Waals surface area contributed by atoms with Gasteiger partial charge in [0.05, 0.1) is 0 Å². The zero-order chi connectivity index (χ0) is 11.4. The molecule has 1 aliphatic rings. The fraction of sp³-hybridized carbons (Fsp3) is 0.636. The van der Waals surface area contributed by atoms with Gasteiger partial charge in [-0.25, -0.2) is 9.97 Å². The van der Waals surface area contributed by atoms with Crippen LogP contribution in [0.1, 0.15) is 19.8 Å². The number of likely N-dealkylation sites (tertiary alicyclic amines) is 1. The van der Waals surface area contributed by atoms with Crippen LogP contribution in [0.2, 0.25) is 5.15 Å². The van der Waals surface area contributed by atoms with Crippen molar-refractivity contribution in [3.8, 4) is 0 Å². The first-order chi connectivity index (χ1) is 7.78. The van der Waals surface area contributed by atoms with Crippen LogP contribution in [-0.4, -0.2) is 40.5 Å². The highest BCUT2D eigenvalue weighted by atomic mass is 35.5. The van der Waals surface area contributed by atoms with Crippen LogP contribution in [-0.2, 0) is 0 Å². The lowest BCUT2D eigenvalue weighted by Gasteiger charge is -2.31. The minimum atomic E-state index is 0.489. The van der Waals surface area contributed by atoms with Gasteiger partial charge in [-0.3, -0.25) is 0 Å². The molecular formula is C11H17ClN4. The van der Waals surface area contributed by atoms with E-state index in [1.807, 2.05) is 0 Å². The van der Waals surface area contributed by atoms with E-state index in [4.69, 9.17) is 11.6 Å². The first kappa shape index (κ1) is 11.6. The molecular weight excluding hydrogens is 224 g/mol. The van der Waals surface area contributed by atoms with E-state index in [0.29, 0.717) is 11.2 Å². The fourth-order valence-electron chi connectivity index (χ4n) is 2.02. The maximum atomic E-state index is 5.81. The summed E-state index contributed by atoms with van der Waals surface area (Å²) in [5.41, 5.74) is 0. The molecule has 0 bridgehead atoms. The lowest BCUT2D eigenvalue weighted by atomic mass is 10.1. The molecule has 1 N–H and O–H groups in total. The van der Waals surface area contributed by atoms with Gasteiger partial charge in [-0.05, 0) is 19.4 Å². The highest BCUT2D eigenvalue weighted by Crippen LogP contribution is 2.16. The molecule has 5 heteroatoms. The number of anilines is 1. The Morgan fingerprint density at radius 1 is 1.44 bits per heavy atom. The van der Waals surface area contributed by atoms with Crippen LogP contribution >= 0.6 is 11.6 Å². The molecule has 0 amide bonds. The van der Waals surface area contributed by atoms with E-state index in [-0.39, 0.29) is 0 Å². The van der Waals surface area contributed by atoms with E-state index >= 15 is 0 Å². The highest BCUT2D eigenvalue weighted by molar-refractivity contribution is 6.29. The Kier molecular flexibility index (Phi) is 3.96. The molecule has 1 aromatic heterocycles. The molecule has 1 fully saturated rings. The molecule has 0 atom stereocenters. The zero-order valence-corrected chi connectivity index (χ0v) is 10.2. The number of halogens is 1. The monoisotopic (exact) mass is 240 g/mol. The molecule has 1 aromatic rings. The summed E-state index contributed by atoms with van der Waals surface area (Å²) < 4.78 is 0. The summed E-state index contributed by atoms with van der Waals surface area (Å²) >= 11 is 5.81. The van der Waals surface area contributed by atoms with Crippen LogP contribution in [0.3, 0.4) is 0 Å². The van der Waals surface area contributed by atoms with Crippen molar-refractivity contribution in [1.82, 2.24) is 14.9 Å². The number of nitrogens with one attached hydrogen (secondary N) is 1. The van der Waals surface area contributed by atoms with Crippen molar-refractivity contribution in [3.05, 3.63) is 17.5 Å². The van der Waals surface area contributed by atoms with Gasteiger partial charge < -0.3 is 10.2 Å². The van der Waals surface area contributed by atoms with Crippen LogP contribution in [0.4, 0.5) is 5.82 Å². The second-order valence-corrected chi connectivity index (χ2v) is 4.47. The Labute approximate surface area is 101 Å². The topological polar surface area (TPSA) is 41.0 Å². The molecule has 0 aliphatic carbocycles. The average molecular weight is 241 g/mol. The summed E-state index contributed by atoms with van der Waals surface area (Å²) in [6, 6.07) is 2.28. The number of nitrogens with zero attached hydrogens (tertiary/aromatic N) is 3. The molecule has 4 nitrogen and oxygen atoms in total. The molecule has 2 heterocycles. The SMILES string of the molecule is CCN1CCC(Nc2cc(Cl)ncn2)CC1. The van der Waals surface area contributed by atoms with E-state index in [1.54, 1.807) is 6.07 Å². The van der Waals surface area contributed by atoms with Gasteiger partial charge in [0.15, 0.2) is 0 Å². The van der Waals surface area contributed by atoms with Crippen LogP contribution in [0.25, 0.3) is 0 Å². The molecule has 0 unspecified atom stereocenters. The summed E-state index contributed by atoms with van der Waals surface area (Å²) in [7, 11) is 0. The van der Waals surface area contributed by atoms with Crippen molar-refractivity contribution >= 4 is 17.4 Å². The summed E-state index contributed by atoms with van der Waals surface area (Å²) in [4.78, 5) is 10.5. The maximum Gasteiger partial charge on any atom is 0.134 e. The van der Waals surface area contributed by atoms with Gasteiger partial charge in [-0.15, -0.1) is 0 Å². The Morgan fingerprint density at radius 3 is 2.81 bits per heavy atom. The minimum Gasteiger partial charge on any atom is -0.367 e. The second kappa shape index (κ2) is 5.46. The quantitative estimate of drug-likeness (QED) is 0.821. The predicted octanol–water partition coefficient (Wildman–Crippen LogP) is 2.03. The van der Waals surface area contributed by atoms with Crippen molar-refractivity contribution in [2.75, 3.05) is 25.0 Å². The molecule has 1 saturated heterocycles. The number of rotatable bonds is 3. The largest absolute Gasteiger partial charge is 0.367 e. The third-order valence-corrected chi connectivity index (χ3v) is 3.23. The number of aromatic nitrogens is 2. The van der Waals surface area contributed by atoms with Gasteiger partial charge in [0, 0.05) is 25.2 Å². The van der Waals surface area contributed by atoms with Gasteiger partial charge in [0.1, 0.15) is 17.3 Å². The van der Waals surface area contributed by atoms with E-state index in [9.17, 15) is 0 Å². The van der Waals surface area contributed by atoms with Crippen molar-refractivity contribution < 1.29 is 0 Å². The van der Waals surface area contributed by atoms with Gasteiger partial charge in [0.2, 0.25) is 0 Å². The molecule has 1 aliphatic heterocycles. The number of hydrogen-bond acceptors (Lipinski definition) is 4. The smallest absolute Gasteiger partial charge is 0.134 e. The van der Waals surface area contributed by atoms with E-state index in [0.717, 1.165) is 38.3 Å². The molecule has 0 spiro atoms. The molecule has 0 saturated carbocycles. The predicted molar refractivity (Wildman–Crippen MR) is 65.8 cm³/mol. The van der Waals surface area contributed by atoms with Crippen LogP contribution in [0, 0.1) is 0 Å². The first-order valence-corrected chi connectivity index (χ1v) is 6.12. The molecule has 16 heavy (non-hydrogen) atoms.